The van der Waals surface area contributed by atoms with E-state index in [-0.39, 0.29) is 17.6 Å². The molecule has 0 fully saturated rings. The van der Waals surface area contributed by atoms with Crippen LogP contribution in [0.1, 0.15) is 39.7 Å². The molecule has 0 aliphatic carbocycles. The second kappa shape index (κ2) is 8.65. The van der Waals surface area contributed by atoms with Crippen molar-refractivity contribution in [1.82, 2.24) is 10.6 Å². The van der Waals surface area contributed by atoms with Gasteiger partial charge in [-0.2, -0.15) is 0 Å². The quantitative estimate of drug-likeness (QED) is 0.723. The Bertz CT molecular complexity index is 524. The highest BCUT2D eigenvalue weighted by molar-refractivity contribution is 6.04. The Balaban J connectivity index is 2.41. The minimum Gasteiger partial charge on any atom is -0.355 e. The SMILES string of the molecule is CC(C)CCNC(=O)C(C)(C)C(=O)NCCc1ccc(F)cc1. The molecule has 0 unspecified atom stereocenters. The molecule has 0 aliphatic rings. The van der Waals surface area contributed by atoms with Gasteiger partial charge in [-0.25, -0.2) is 4.39 Å². The fourth-order valence-corrected chi connectivity index (χ4v) is 1.99. The van der Waals surface area contributed by atoms with Crippen molar-refractivity contribution in [2.75, 3.05) is 13.1 Å². The van der Waals surface area contributed by atoms with Crippen molar-refractivity contribution in [1.29, 1.82) is 0 Å². The Kier molecular flexibility index (Phi) is 7.20. The summed E-state index contributed by atoms with van der Waals surface area (Å²) in [6.07, 6.45) is 1.48. The molecule has 0 aliphatic heterocycles. The van der Waals surface area contributed by atoms with E-state index < -0.39 is 5.41 Å². The van der Waals surface area contributed by atoms with Gasteiger partial charge >= 0.3 is 0 Å². The molecule has 2 N–H and O–H groups in total. The number of benzene rings is 1. The lowest BCUT2D eigenvalue weighted by molar-refractivity contribution is -0.141. The molecule has 0 spiro atoms. The zero-order valence-corrected chi connectivity index (χ0v) is 14.4. The van der Waals surface area contributed by atoms with Crippen LogP contribution < -0.4 is 10.6 Å². The number of carbonyl (C=O) groups is 2. The number of halogens is 1. The molecule has 0 atom stereocenters. The second-order valence-corrected chi connectivity index (χ2v) is 6.70. The summed E-state index contributed by atoms with van der Waals surface area (Å²) < 4.78 is 12.8. The number of hydrogen-bond acceptors (Lipinski definition) is 2. The van der Waals surface area contributed by atoms with Crippen LogP contribution in [-0.2, 0) is 16.0 Å². The molecule has 2 amide bonds. The lowest BCUT2D eigenvalue weighted by Crippen LogP contribution is -2.48. The van der Waals surface area contributed by atoms with Gasteiger partial charge in [0.15, 0.2) is 0 Å². The Labute approximate surface area is 137 Å². The van der Waals surface area contributed by atoms with E-state index in [4.69, 9.17) is 0 Å². The summed E-state index contributed by atoms with van der Waals surface area (Å²) in [5.74, 6) is -0.348. The molecule has 0 saturated carbocycles. The third-order valence-corrected chi connectivity index (χ3v) is 3.76. The largest absolute Gasteiger partial charge is 0.355 e. The van der Waals surface area contributed by atoms with Gasteiger partial charge in [0.05, 0.1) is 0 Å². The van der Waals surface area contributed by atoms with Crippen molar-refractivity contribution in [2.45, 2.75) is 40.5 Å². The lowest BCUT2D eigenvalue weighted by Gasteiger charge is -2.23. The Morgan fingerprint density at radius 3 is 2.09 bits per heavy atom. The summed E-state index contributed by atoms with van der Waals surface area (Å²) >= 11 is 0. The highest BCUT2D eigenvalue weighted by atomic mass is 19.1. The summed E-state index contributed by atoms with van der Waals surface area (Å²) in [5.41, 5.74) is -0.175. The zero-order valence-electron chi connectivity index (χ0n) is 14.4. The molecule has 0 bridgehead atoms. The van der Waals surface area contributed by atoms with Crippen molar-refractivity contribution in [3.63, 3.8) is 0 Å². The Hall–Kier alpha value is -1.91. The molecule has 0 saturated heterocycles. The van der Waals surface area contributed by atoms with Crippen molar-refractivity contribution in [3.05, 3.63) is 35.6 Å². The lowest BCUT2D eigenvalue weighted by atomic mass is 9.91. The van der Waals surface area contributed by atoms with E-state index in [1.54, 1.807) is 26.0 Å². The van der Waals surface area contributed by atoms with Gasteiger partial charge in [0.25, 0.3) is 0 Å². The van der Waals surface area contributed by atoms with Crippen molar-refractivity contribution in [2.24, 2.45) is 11.3 Å². The van der Waals surface area contributed by atoms with Crippen LogP contribution >= 0.6 is 0 Å². The first-order chi connectivity index (χ1) is 10.7. The van der Waals surface area contributed by atoms with Crippen LogP contribution in [0.3, 0.4) is 0 Å². The van der Waals surface area contributed by atoms with Crippen LogP contribution in [0.5, 0.6) is 0 Å². The van der Waals surface area contributed by atoms with Crippen LogP contribution in [0.15, 0.2) is 24.3 Å². The summed E-state index contributed by atoms with van der Waals surface area (Å²) in [6.45, 7) is 8.38. The first-order valence-corrected chi connectivity index (χ1v) is 8.04. The van der Waals surface area contributed by atoms with Crippen LogP contribution in [0, 0.1) is 17.2 Å². The molecule has 0 radical (unpaired) electrons. The molecule has 5 heteroatoms. The van der Waals surface area contributed by atoms with E-state index >= 15 is 0 Å². The van der Waals surface area contributed by atoms with E-state index in [9.17, 15) is 14.0 Å². The van der Waals surface area contributed by atoms with Gasteiger partial charge in [-0.05, 0) is 50.3 Å². The third kappa shape index (κ3) is 6.38. The number of nitrogens with one attached hydrogen (secondary N) is 2. The molecule has 0 heterocycles. The van der Waals surface area contributed by atoms with Gasteiger partial charge in [-0.1, -0.05) is 26.0 Å². The first kappa shape index (κ1) is 19.1. The molecular weight excluding hydrogens is 295 g/mol. The molecule has 23 heavy (non-hydrogen) atoms. The van der Waals surface area contributed by atoms with Crippen LogP contribution in [0.4, 0.5) is 4.39 Å². The van der Waals surface area contributed by atoms with Crippen LogP contribution in [-0.4, -0.2) is 24.9 Å². The fourth-order valence-electron chi connectivity index (χ4n) is 1.99. The Morgan fingerprint density at radius 1 is 1.04 bits per heavy atom. The van der Waals surface area contributed by atoms with Crippen molar-refractivity contribution in [3.8, 4) is 0 Å². The minimum atomic E-state index is -1.11. The van der Waals surface area contributed by atoms with Gasteiger partial charge in [-0.15, -0.1) is 0 Å². The number of carbonyl (C=O) groups excluding carboxylic acids is 2. The van der Waals surface area contributed by atoms with Gasteiger partial charge in [0.2, 0.25) is 11.8 Å². The minimum absolute atomic E-state index is 0.266. The highest BCUT2D eigenvalue weighted by Gasteiger charge is 2.35. The molecule has 128 valence electrons. The van der Waals surface area contributed by atoms with E-state index in [0.29, 0.717) is 25.4 Å². The highest BCUT2D eigenvalue weighted by Crippen LogP contribution is 2.15. The van der Waals surface area contributed by atoms with Crippen LogP contribution in [0.2, 0.25) is 0 Å². The van der Waals surface area contributed by atoms with Crippen LogP contribution in [0.25, 0.3) is 0 Å². The molecule has 4 nitrogen and oxygen atoms in total. The maximum Gasteiger partial charge on any atom is 0.235 e. The van der Waals surface area contributed by atoms with Crippen molar-refractivity contribution < 1.29 is 14.0 Å². The van der Waals surface area contributed by atoms with E-state index in [1.165, 1.54) is 12.1 Å². The van der Waals surface area contributed by atoms with Gasteiger partial charge in [0, 0.05) is 13.1 Å². The van der Waals surface area contributed by atoms with Gasteiger partial charge < -0.3 is 10.6 Å². The molecule has 1 rings (SSSR count). The Morgan fingerprint density at radius 2 is 1.57 bits per heavy atom. The third-order valence-electron chi connectivity index (χ3n) is 3.76. The number of amides is 2. The normalized spacial score (nSPS) is 11.4. The van der Waals surface area contributed by atoms with Gasteiger partial charge in [0.1, 0.15) is 11.2 Å². The molecule has 1 aromatic rings. The number of hydrogen-bond donors (Lipinski definition) is 2. The summed E-state index contributed by atoms with van der Waals surface area (Å²) in [5, 5.41) is 5.58. The molecule has 1 aromatic carbocycles. The van der Waals surface area contributed by atoms with E-state index in [1.807, 2.05) is 0 Å². The average Bonchev–Trinajstić information content (AvgIpc) is 2.48. The molecular formula is C18H27FN2O2. The maximum absolute atomic E-state index is 12.8. The maximum atomic E-state index is 12.8. The average molecular weight is 322 g/mol. The van der Waals surface area contributed by atoms with Gasteiger partial charge in [-0.3, -0.25) is 9.59 Å². The standard InChI is InChI=1S/C18H27FN2O2/c1-13(2)9-11-20-16(22)18(3,4)17(23)21-12-10-14-5-7-15(19)8-6-14/h5-8,13H,9-12H2,1-4H3,(H,20,22)(H,21,23). The second-order valence-electron chi connectivity index (χ2n) is 6.70. The first-order valence-electron chi connectivity index (χ1n) is 8.04. The fraction of sp³-hybridized carbons (Fsp3) is 0.556. The summed E-state index contributed by atoms with van der Waals surface area (Å²) in [4.78, 5) is 24.4. The topological polar surface area (TPSA) is 58.2 Å². The predicted molar refractivity (Wildman–Crippen MR) is 89.4 cm³/mol. The smallest absolute Gasteiger partial charge is 0.235 e. The summed E-state index contributed by atoms with van der Waals surface area (Å²) in [6, 6.07) is 6.16. The zero-order chi connectivity index (χ0) is 17.5. The van der Waals surface area contributed by atoms with E-state index in [0.717, 1.165) is 12.0 Å². The number of rotatable bonds is 8. The molecule has 0 aromatic heterocycles. The van der Waals surface area contributed by atoms with E-state index in [2.05, 4.69) is 24.5 Å². The monoisotopic (exact) mass is 322 g/mol. The predicted octanol–water partition coefficient (Wildman–Crippen LogP) is 2.67. The summed E-state index contributed by atoms with van der Waals surface area (Å²) in [7, 11) is 0. The van der Waals surface area contributed by atoms with Crippen molar-refractivity contribution >= 4 is 11.8 Å².